The van der Waals surface area contributed by atoms with Gasteiger partial charge in [-0.25, -0.2) is 0 Å². The topological polar surface area (TPSA) is 58.6 Å². The SMILES string of the molecule is NCC/N=C\c1ccccc1O. The summed E-state index contributed by atoms with van der Waals surface area (Å²) in [5, 5.41) is 9.29. The van der Waals surface area contributed by atoms with E-state index in [9.17, 15) is 5.11 Å². The molecule has 0 unspecified atom stereocenters. The molecular formula is C9H12N2O. The summed E-state index contributed by atoms with van der Waals surface area (Å²) in [6.07, 6.45) is 1.63. The van der Waals surface area contributed by atoms with Crippen molar-refractivity contribution in [2.75, 3.05) is 13.1 Å². The third-order valence-electron chi connectivity index (χ3n) is 1.43. The molecular weight excluding hydrogens is 152 g/mol. The first-order valence-electron chi connectivity index (χ1n) is 3.82. The third-order valence-corrected chi connectivity index (χ3v) is 1.43. The van der Waals surface area contributed by atoms with Crippen molar-refractivity contribution in [2.24, 2.45) is 10.7 Å². The Morgan fingerprint density at radius 2 is 2.17 bits per heavy atom. The molecule has 1 rings (SSSR count). The number of para-hydroxylation sites is 1. The van der Waals surface area contributed by atoms with Crippen LogP contribution in [0.2, 0.25) is 0 Å². The molecule has 3 N–H and O–H groups in total. The molecule has 3 heteroatoms. The van der Waals surface area contributed by atoms with Gasteiger partial charge in [0.25, 0.3) is 0 Å². The fourth-order valence-electron chi connectivity index (χ4n) is 0.834. The Morgan fingerprint density at radius 3 is 2.83 bits per heavy atom. The molecule has 1 aromatic rings. The Kier molecular flexibility index (Phi) is 3.29. The van der Waals surface area contributed by atoms with Crippen molar-refractivity contribution in [1.82, 2.24) is 0 Å². The van der Waals surface area contributed by atoms with Crippen LogP contribution in [0.25, 0.3) is 0 Å². The quantitative estimate of drug-likeness (QED) is 0.648. The van der Waals surface area contributed by atoms with Crippen LogP contribution < -0.4 is 5.73 Å². The number of nitrogens with zero attached hydrogens (tertiary/aromatic N) is 1. The number of aliphatic imine (C=N–C) groups is 1. The maximum Gasteiger partial charge on any atom is 0.124 e. The second-order valence-electron chi connectivity index (χ2n) is 2.38. The highest BCUT2D eigenvalue weighted by atomic mass is 16.3. The van der Waals surface area contributed by atoms with Crippen molar-refractivity contribution in [1.29, 1.82) is 0 Å². The second-order valence-corrected chi connectivity index (χ2v) is 2.38. The molecule has 0 spiro atoms. The van der Waals surface area contributed by atoms with Gasteiger partial charge in [0.1, 0.15) is 5.75 Å². The van der Waals surface area contributed by atoms with Crippen molar-refractivity contribution < 1.29 is 5.11 Å². The summed E-state index contributed by atoms with van der Waals surface area (Å²) in [6.45, 7) is 1.12. The number of phenolic OH excluding ortho intramolecular Hbond substituents is 1. The van der Waals surface area contributed by atoms with Crippen LogP contribution in [0.1, 0.15) is 5.56 Å². The van der Waals surface area contributed by atoms with Crippen molar-refractivity contribution in [3.8, 4) is 5.75 Å². The molecule has 0 saturated carbocycles. The van der Waals surface area contributed by atoms with Crippen LogP contribution in [0, 0.1) is 0 Å². The fourth-order valence-corrected chi connectivity index (χ4v) is 0.834. The minimum Gasteiger partial charge on any atom is -0.507 e. The largest absolute Gasteiger partial charge is 0.507 e. The van der Waals surface area contributed by atoms with E-state index in [1.165, 1.54) is 0 Å². The Hall–Kier alpha value is -1.35. The number of hydrogen-bond donors (Lipinski definition) is 2. The number of hydrogen-bond acceptors (Lipinski definition) is 3. The van der Waals surface area contributed by atoms with Crippen LogP contribution in [0.3, 0.4) is 0 Å². The molecule has 1 aromatic carbocycles. The predicted octanol–water partition coefficient (Wildman–Crippen LogP) is 0.770. The molecule has 0 saturated heterocycles. The smallest absolute Gasteiger partial charge is 0.124 e. The summed E-state index contributed by atoms with van der Waals surface area (Å²) < 4.78 is 0. The molecule has 0 aromatic heterocycles. The van der Waals surface area contributed by atoms with Crippen molar-refractivity contribution >= 4 is 6.21 Å². The van der Waals surface area contributed by atoms with E-state index in [-0.39, 0.29) is 5.75 Å². The summed E-state index contributed by atoms with van der Waals surface area (Å²) >= 11 is 0. The lowest BCUT2D eigenvalue weighted by Crippen LogP contribution is -2.02. The number of phenols is 1. The number of rotatable bonds is 3. The van der Waals surface area contributed by atoms with E-state index < -0.39 is 0 Å². The average Bonchev–Trinajstić information content (AvgIpc) is 2.09. The molecule has 0 aliphatic carbocycles. The first-order chi connectivity index (χ1) is 5.84. The summed E-state index contributed by atoms with van der Waals surface area (Å²) in [5.41, 5.74) is 5.98. The molecule has 0 aliphatic rings. The van der Waals surface area contributed by atoms with Gasteiger partial charge in [0.2, 0.25) is 0 Å². The minimum atomic E-state index is 0.248. The Balaban J connectivity index is 2.68. The monoisotopic (exact) mass is 164 g/mol. The normalized spacial score (nSPS) is 10.8. The molecule has 0 atom stereocenters. The molecule has 12 heavy (non-hydrogen) atoms. The zero-order chi connectivity index (χ0) is 8.81. The molecule has 64 valence electrons. The first kappa shape index (κ1) is 8.74. The summed E-state index contributed by atoms with van der Waals surface area (Å²) in [5.74, 6) is 0.248. The van der Waals surface area contributed by atoms with E-state index in [1.54, 1.807) is 24.4 Å². The van der Waals surface area contributed by atoms with Gasteiger partial charge >= 0.3 is 0 Å². The van der Waals surface area contributed by atoms with Crippen LogP contribution in [-0.4, -0.2) is 24.4 Å². The zero-order valence-corrected chi connectivity index (χ0v) is 6.77. The Morgan fingerprint density at radius 1 is 1.42 bits per heavy atom. The number of aromatic hydroxyl groups is 1. The van der Waals surface area contributed by atoms with Crippen LogP contribution in [-0.2, 0) is 0 Å². The molecule has 0 heterocycles. The van der Waals surface area contributed by atoms with E-state index in [0.717, 1.165) is 5.56 Å². The van der Waals surface area contributed by atoms with Gasteiger partial charge in [-0.05, 0) is 12.1 Å². The van der Waals surface area contributed by atoms with Gasteiger partial charge in [0.05, 0.1) is 6.54 Å². The van der Waals surface area contributed by atoms with E-state index >= 15 is 0 Å². The average molecular weight is 164 g/mol. The minimum absolute atomic E-state index is 0.248. The maximum atomic E-state index is 9.29. The molecule has 0 amide bonds. The van der Waals surface area contributed by atoms with Crippen molar-refractivity contribution in [3.05, 3.63) is 29.8 Å². The first-order valence-corrected chi connectivity index (χ1v) is 3.82. The van der Waals surface area contributed by atoms with Crippen LogP contribution in [0.5, 0.6) is 5.75 Å². The highest BCUT2D eigenvalue weighted by Crippen LogP contribution is 2.12. The second kappa shape index (κ2) is 4.51. The number of nitrogens with two attached hydrogens (primary N) is 1. The predicted molar refractivity (Wildman–Crippen MR) is 49.6 cm³/mol. The van der Waals surface area contributed by atoms with Gasteiger partial charge in [-0.2, -0.15) is 0 Å². The zero-order valence-electron chi connectivity index (χ0n) is 6.77. The highest BCUT2D eigenvalue weighted by Gasteiger charge is 1.92. The van der Waals surface area contributed by atoms with Gasteiger partial charge in [0.15, 0.2) is 0 Å². The lowest BCUT2D eigenvalue weighted by atomic mass is 10.2. The van der Waals surface area contributed by atoms with E-state index in [1.807, 2.05) is 6.07 Å². The van der Waals surface area contributed by atoms with E-state index in [2.05, 4.69) is 4.99 Å². The van der Waals surface area contributed by atoms with Crippen LogP contribution in [0.15, 0.2) is 29.3 Å². The maximum absolute atomic E-state index is 9.29. The lowest BCUT2D eigenvalue weighted by Gasteiger charge is -1.95. The summed E-state index contributed by atoms with van der Waals surface area (Å²) in [7, 11) is 0. The molecule has 0 aliphatic heterocycles. The highest BCUT2D eigenvalue weighted by molar-refractivity contribution is 5.83. The van der Waals surface area contributed by atoms with Gasteiger partial charge < -0.3 is 10.8 Å². The van der Waals surface area contributed by atoms with Crippen LogP contribution in [0.4, 0.5) is 0 Å². The van der Waals surface area contributed by atoms with Gasteiger partial charge in [-0.15, -0.1) is 0 Å². The molecule has 0 fully saturated rings. The lowest BCUT2D eigenvalue weighted by molar-refractivity contribution is 0.474. The molecule has 0 bridgehead atoms. The van der Waals surface area contributed by atoms with E-state index in [0.29, 0.717) is 13.1 Å². The standard InChI is InChI=1S/C9H12N2O/c10-5-6-11-7-8-3-1-2-4-9(8)12/h1-4,7,12H,5-6,10H2/b11-7-. The molecule has 0 radical (unpaired) electrons. The third kappa shape index (κ3) is 2.36. The van der Waals surface area contributed by atoms with Crippen LogP contribution >= 0.6 is 0 Å². The summed E-state index contributed by atoms with van der Waals surface area (Å²) in [6, 6.07) is 7.05. The molecule has 3 nitrogen and oxygen atoms in total. The van der Waals surface area contributed by atoms with Gasteiger partial charge in [-0.3, -0.25) is 4.99 Å². The number of benzene rings is 1. The van der Waals surface area contributed by atoms with Crippen molar-refractivity contribution in [2.45, 2.75) is 0 Å². The van der Waals surface area contributed by atoms with Gasteiger partial charge in [0, 0.05) is 18.3 Å². The van der Waals surface area contributed by atoms with Crippen molar-refractivity contribution in [3.63, 3.8) is 0 Å². The van der Waals surface area contributed by atoms with E-state index in [4.69, 9.17) is 5.73 Å². The Bertz CT molecular complexity index is 271. The summed E-state index contributed by atoms with van der Waals surface area (Å²) in [4.78, 5) is 4.01. The fraction of sp³-hybridized carbons (Fsp3) is 0.222. The van der Waals surface area contributed by atoms with Gasteiger partial charge in [-0.1, -0.05) is 12.1 Å². The Labute approximate surface area is 71.6 Å².